The maximum absolute atomic E-state index is 5.45. The highest BCUT2D eigenvalue weighted by Gasteiger charge is 2.17. The molecule has 0 bridgehead atoms. The molecule has 0 saturated carbocycles. The third kappa shape index (κ3) is 3.28. The summed E-state index contributed by atoms with van der Waals surface area (Å²) in [4.78, 5) is 8.95. The molecule has 1 fully saturated rings. The summed E-state index contributed by atoms with van der Waals surface area (Å²) >= 11 is 0. The minimum atomic E-state index is 0.552. The largest absolute Gasteiger partial charge is 0.478 e. The minimum absolute atomic E-state index is 0.552. The van der Waals surface area contributed by atoms with Crippen molar-refractivity contribution in [1.29, 1.82) is 0 Å². The van der Waals surface area contributed by atoms with E-state index in [2.05, 4.69) is 22.1 Å². The Bertz CT molecular complexity index is 619. The van der Waals surface area contributed by atoms with Crippen LogP contribution in [0.2, 0.25) is 0 Å². The molecular formula is C18H22N2O2. The molecular weight excluding hydrogens is 276 g/mol. The summed E-state index contributed by atoms with van der Waals surface area (Å²) in [5, 5.41) is 0. The van der Waals surface area contributed by atoms with Crippen LogP contribution < -0.4 is 4.74 Å². The van der Waals surface area contributed by atoms with Gasteiger partial charge in [0.15, 0.2) is 0 Å². The van der Waals surface area contributed by atoms with Gasteiger partial charge in [-0.15, -0.1) is 0 Å². The first-order valence-corrected chi connectivity index (χ1v) is 7.91. The van der Waals surface area contributed by atoms with Gasteiger partial charge in [0, 0.05) is 48.5 Å². The highest BCUT2D eigenvalue weighted by Crippen LogP contribution is 2.31. The lowest BCUT2D eigenvalue weighted by Crippen LogP contribution is -2.14. The lowest BCUT2D eigenvalue weighted by atomic mass is 9.91. The van der Waals surface area contributed by atoms with Gasteiger partial charge in [0.25, 0.3) is 0 Å². The number of aromatic nitrogens is 2. The van der Waals surface area contributed by atoms with E-state index in [9.17, 15) is 0 Å². The Morgan fingerprint density at radius 2 is 2.00 bits per heavy atom. The van der Waals surface area contributed by atoms with Gasteiger partial charge in [-0.2, -0.15) is 0 Å². The fourth-order valence-corrected chi connectivity index (χ4v) is 2.87. The molecule has 2 aromatic heterocycles. The van der Waals surface area contributed by atoms with Gasteiger partial charge >= 0.3 is 0 Å². The molecule has 4 nitrogen and oxygen atoms in total. The second-order valence-corrected chi connectivity index (χ2v) is 5.61. The summed E-state index contributed by atoms with van der Waals surface area (Å²) in [6.45, 7) is 6.32. The molecule has 1 aliphatic rings. The van der Waals surface area contributed by atoms with Crippen molar-refractivity contribution in [2.24, 2.45) is 0 Å². The van der Waals surface area contributed by atoms with E-state index < -0.39 is 0 Å². The van der Waals surface area contributed by atoms with Crippen LogP contribution in [0, 0.1) is 6.92 Å². The zero-order valence-electron chi connectivity index (χ0n) is 13.2. The van der Waals surface area contributed by atoms with Crippen LogP contribution in [0.1, 0.15) is 36.9 Å². The first-order chi connectivity index (χ1) is 10.8. The number of hydrogen-bond donors (Lipinski definition) is 0. The molecule has 0 unspecified atom stereocenters. The molecule has 0 aromatic carbocycles. The second-order valence-electron chi connectivity index (χ2n) is 5.61. The first kappa shape index (κ1) is 15.0. The van der Waals surface area contributed by atoms with E-state index >= 15 is 0 Å². The zero-order chi connectivity index (χ0) is 15.4. The fourth-order valence-electron chi connectivity index (χ4n) is 2.87. The van der Waals surface area contributed by atoms with Crippen molar-refractivity contribution in [2.75, 3.05) is 19.8 Å². The Kier molecular flexibility index (Phi) is 4.68. The number of aryl methyl sites for hydroxylation is 1. The molecule has 1 saturated heterocycles. The van der Waals surface area contributed by atoms with E-state index in [0.717, 1.165) is 42.9 Å². The predicted molar refractivity (Wildman–Crippen MR) is 86.2 cm³/mol. The van der Waals surface area contributed by atoms with E-state index in [0.29, 0.717) is 18.4 Å². The van der Waals surface area contributed by atoms with Gasteiger partial charge in [-0.25, -0.2) is 4.98 Å². The van der Waals surface area contributed by atoms with Crippen molar-refractivity contribution in [3.05, 3.63) is 41.9 Å². The summed E-state index contributed by atoms with van der Waals surface area (Å²) in [6, 6.07) is 6.23. The Morgan fingerprint density at radius 1 is 1.18 bits per heavy atom. The molecule has 0 spiro atoms. The standard InChI is InChI=1S/C18H22N2O2/c1-3-22-18-5-4-15(11-20-18)17-10-16(12-19-13(17)2)14-6-8-21-9-7-14/h4-5,10-12,14H,3,6-9H2,1-2H3. The second kappa shape index (κ2) is 6.88. The van der Waals surface area contributed by atoms with E-state index in [1.54, 1.807) is 0 Å². The molecule has 2 aromatic rings. The minimum Gasteiger partial charge on any atom is -0.478 e. The summed E-state index contributed by atoms with van der Waals surface area (Å²) in [6.07, 6.45) is 6.02. The first-order valence-electron chi connectivity index (χ1n) is 7.91. The van der Waals surface area contributed by atoms with Crippen LogP contribution >= 0.6 is 0 Å². The number of ether oxygens (including phenoxy) is 2. The molecule has 4 heteroatoms. The quantitative estimate of drug-likeness (QED) is 0.862. The van der Waals surface area contributed by atoms with Crippen LogP contribution in [0.25, 0.3) is 11.1 Å². The SMILES string of the molecule is CCOc1ccc(-c2cc(C3CCOCC3)cnc2C)cn1. The highest BCUT2D eigenvalue weighted by atomic mass is 16.5. The van der Waals surface area contributed by atoms with Crippen LogP contribution in [0.4, 0.5) is 0 Å². The monoisotopic (exact) mass is 298 g/mol. The average molecular weight is 298 g/mol. The van der Waals surface area contributed by atoms with Crippen LogP contribution in [0.5, 0.6) is 5.88 Å². The van der Waals surface area contributed by atoms with E-state index in [1.165, 1.54) is 5.56 Å². The molecule has 1 aliphatic heterocycles. The van der Waals surface area contributed by atoms with Crippen LogP contribution in [-0.2, 0) is 4.74 Å². The third-order valence-corrected chi connectivity index (χ3v) is 4.14. The summed E-state index contributed by atoms with van der Waals surface area (Å²) in [7, 11) is 0. The molecule has 0 atom stereocenters. The zero-order valence-corrected chi connectivity index (χ0v) is 13.2. The summed E-state index contributed by atoms with van der Waals surface area (Å²) in [5.41, 5.74) is 4.57. The van der Waals surface area contributed by atoms with Crippen molar-refractivity contribution < 1.29 is 9.47 Å². The summed E-state index contributed by atoms with van der Waals surface area (Å²) in [5.74, 6) is 1.22. The lowest BCUT2D eigenvalue weighted by Gasteiger charge is -2.23. The molecule has 116 valence electrons. The van der Waals surface area contributed by atoms with Crippen LogP contribution in [0.3, 0.4) is 0 Å². The van der Waals surface area contributed by atoms with Gasteiger partial charge in [0.05, 0.1) is 6.61 Å². The molecule has 0 aliphatic carbocycles. The molecule has 0 amide bonds. The Morgan fingerprint density at radius 3 is 2.68 bits per heavy atom. The third-order valence-electron chi connectivity index (χ3n) is 4.14. The Balaban J connectivity index is 1.88. The van der Waals surface area contributed by atoms with Crippen molar-refractivity contribution in [3.8, 4) is 17.0 Å². The van der Waals surface area contributed by atoms with E-state index in [4.69, 9.17) is 9.47 Å². The summed E-state index contributed by atoms with van der Waals surface area (Å²) < 4.78 is 10.9. The molecule has 0 N–H and O–H groups in total. The van der Waals surface area contributed by atoms with Gasteiger partial charge in [0.1, 0.15) is 0 Å². The van der Waals surface area contributed by atoms with Gasteiger partial charge in [-0.3, -0.25) is 4.98 Å². The van der Waals surface area contributed by atoms with Gasteiger partial charge in [-0.1, -0.05) is 0 Å². The molecule has 0 radical (unpaired) electrons. The maximum Gasteiger partial charge on any atom is 0.213 e. The van der Waals surface area contributed by atoms with Gasteiger partial charge < -0.3 is 9.47 Å². The fraction of sp³-hybridized carbons (Fsp3) is 0.444. The number of nitrogens with zero attached hydrogens (tertiary/aromatic N) is 2. The number of pyridine rings is 2. The Labute approximate surface area is 131 Å². The smallest absolute Gasteiger partial charge is 0.213 e. The van der Waals surface area contributed by atoms with Gasteiger partial charge in [-0.05, 0) is 50.3 Å². The van der Waals surface area contributed by atoms with Crippen molar-refractivity contribution in [2.45, 2.75) is 32.6 Å². The molecule has 3 rings (SSSR count). The van der Waals surface area contributed by atoms with Gasteiger partial charge in [0.2, 0.25) is 5.88 Å². The molecule has 22 heavy (non-hydrogen) atoms. The normalized spacial score (nSPS) is 15.7. The lowest BCUT2D eigenvalue weighted by molar-refractivity contribution is 0.0853. The van der Waals surface area contributed by atoms with Crippen molar-refractivity contribution in [3.63, 3.8) is 0 Å². The topological polar surface area (TPSA) is 44.2 Å². The molecule has 3 heterocycles. The van der Waals surface area contributed by atoms with Crippen LogP contribution in [-0.4, -0.2) is 29.8 Å². The van der Waals surface area contributed by atoms with Crippen molar-refractivity contribution >= 4 is 0 Å². The average Bonchev–Trinajstić information content (AvgIpc) is 2.57. The van der Waals surface area contributed by atoms with Crippen LogP contribution in [0.15, 0.2) is 30.6 Å². The highest BCUT2D eigenvalue weighted by molar-refractivity contribution is 5.66. The van der Waals surface area contributed by atoms with E-state index in [-0.39, 0.29) is 0 Å². The van der Waals surface area contributed by atoms with Crippen molar-refractivity contribution in [1.82, 2.24) is 9.97 Å². The maximum atomic E-state index is 5.45. The number of rotatable bonds is 4. The predicted octanol–water partition coefficient (Wildman–Crippen LogP) is 3.74. The number of hydrogen-bond acceptors (Lipinski definition) is 4. The van der Waals surface area contributed by atoms with E-state index in [1.807, 2.05) is 32.3 Å². The Hall–Kier alpha value is -1.94.